The Balaban J connectivity index is 1.39. The molecule has 0 atom stereocenters. The second kappa shape index (κ2) is 9.67. The molecule has 1 N–H and O–H groups in total. The normalized spacial score (nSPS) is 15.2. The van der Waals surface area contributed by atoms with Crippen LogP contribution >= 0.6 is 0 Å². The van der Waals surface area contributed by atoms with E-state index in [1.807, 2.05) is 13.0 Å². The number of unbranched alkanes of at least 4 members (excludes halogenated alkanes) is 3. The number of aryl methyl sites for hydroxylation is 2. The number of rotatable bonds is 8. The first kappa shape index (κ1) is 22.2. The summed E-state index contributed by atoms with van der Waals surface area (Å²) in [5, 5.41) is 0.336. The molecule has 7 nitrogen and oxygen atoms in total. The number of aromatic amines is 1. The van der Waals surface area contributed by atoms with Gasteiger partial charge in [-0.3, -0.25) is 9.59 Å². The molecule has 2 aliphatic rings. The monoisotopic (exact) mass is 436 g/mol. The van der Waals surface area contributed by atoms with E-state index in [1.165, 1.54) is 18.4 Å². The molecule has 0 spiro atoms. The zero-order chi connectivity index (χ0) is 22.7. The van der Waals surface area contributed by atoms with Crippen molar-refractivity contribution in [2.24, 2.45) is 4.99 Å². The summed E-state index contributed by atoms with van der Waals surface area (Å²) in [6, 6.07) is 4.13. The lowest BCUT2D eigenvalue weighted by atomic mass is 10.1. The zero-order valence-electron chi connectivity index (χ0n) is 19.1. The fourth-order valence-electron chi connectivity index (χ4n) is 4.49. The van der Waals surface area contributed by atoms with Crippen LogP contribution in [0.4, 0.5) is 17.2 Å². The summed E-state index contributed by atoms with van der Waals surface area (Å²) in [5.41, 5.74) is 4.14. The predicted molar refractivity (Wildman–Crippen MR) is 125 cm³/mol. The summed E-state index contributed by atoms with van der Waals surface area (Å²) >= 11 is 0. The number of carbonyl (C=O) groups is 1. The van der Waals surface area contributed by atoms with Gasteiger partial charge in [0.25, 0.3) is 5.56 Å². The van der Waals surface area contributed by atoms with Crippen LogP contribution < -0.4 is 21.3 Å². The van der Waals surface area contributed by atoms with Crippen LogP contribution in [0.3, 0.4) is 0 Å². The Morgan fingerprint density at radius 1 is 1.16 bits per heavy atom. The molecule has 1 saturated carbocycles. The van der Waals surface area contributed by atoms with E-state index in [2.05, 4.69) is 39.4 Å². The van der Waals surface area contributed by atoms with E-state index in [0.29, 0.717) is 23.1 Å². The van der Waals surface area contributed by atoms with Crippen molar-refractivity contribution in [3.05, 3.63) is 44.5 Å². The largest absolute Gasteiger partial charge is 0.462 e. The third-order valence-electron chi connectivity index (χ3n) is 6.41. The summed E-state index contributed by atoms with van der Waals surface area (Å²) in [6.07, 6.45) is 8.72. The molecule has 4 rings (SSSR count). The maximum absolute atomic E-state index is 12.5. The van der Waals surface area contributed by atoms with Gasteiger partial charge < -0.3 is 14.6 Å². The van der Waals surface area contributed by atoms with Crippen LogP contribution in [0.25, 0.3) is 6.58 Å². The maximum Gasteiger partial charge on any atom is 0.306 e. The lowest BCUT2D eigenvalue weighted by molar-refractivity contribution is -0.148. The summed E-state index contributed by atoms with van der Waals surface area (Å²) in [4.78, 5) is 38.3. The minimum absolute atomic E-state index is 0.0605. The first-order valence-electron chi connectivity index (χ1n) is 11.7. The number of hydrogen-bond donors (Lipinski definition) is 1. The van der Waals surface area contributed by atoms with Gasteiger partial charge in [-0.15, -0.1) is 0 Å². The Kier molecular flexibility index (Phi) is 6.72. The number of nitrogens with zero attached hydrogens (tertiary/aromatic N) is 3. The number of H-pyrrole nitrogens is 1. The molecule has 2 aromatic rings. The van der Waals surface area contributed by atoms with Crippen molar-refractivity contribution in [3.8, 4) is 0 Å². The third-order valence-corrected chi connectivity index (χ3v) is 6.41. The number of ether oxygens (including phenoxy) is 1. The molecule has 2 heterocycles. The number of carbonyl (C=O) groups excluding carboxylic acids is 1. The number of esters is 1. The molecule has 7 heteroatoms. The molecular weight excluding hydrogens is 404 g/mol. The highest BCUT2D eigenvalue weighted by Crippen LogP contribution is 2.36. The molecule has 1 fully saturated rings. The van der Waals surface area contributed by atoms with E-state index in [0.717, 1.165) is 62.0 Å². The predicted octanol–water partition coefficient (Wildman–Crippen LogP) is 3.64. The average molecular weight is 437 g/mol. The van der Waals surface area contributed by atoms with Gasteiger partial charge in [-0.1, -0.05) is 19.4 Å². The standard InChI is InChI=1S/C25H32N4O3/c1-16-14-20-21(15-17(16)2)29(24-23(28-20)25(31)27-18(3)26-24)13-9-5-4-6-12-22(30)32-19-10-7-8-11-19/h14-15,19H,3-13H2,1-2H3,(H,27,31). The van der Waals surface area contributed by atoms with Crippen molar-refractivity contribution in [2.75, 3.05) is 11.4 Å². The Hall–Kier alpha value is -2.96. The number of benzene rings is 1. The van der Waals surface area contributed by atoms with Gasteiger partial charge in [0.05, 0.1) is 11.4 Å². The fourth-order valence-corrected chi connectivity index (χ4v) is 4.49. The molecule has 1 aliphatic carbocycles. The zero-order valence-corrected chi connectivity index (χ0v) is 19.1. The number of hydrogen-bond acceptors (Lipinski definition) is 6. The molecule has 1 aromatic heterocycles. The van der Waals surface area contributed by atoms with Crippen LogP contribution in [-0.2, 0) is 9.53 Å². The topological polar surface area (TPSA) is 87.7 Å². The van der Waals surface area contributed by atoms with Crippen LogP contribution in [-0.4, -0.2) is 28.6 Å². The molecule has 0 radical (unpaired) electrons. The van der Waals surface area contributed by atoms with E-state index >= 15 is 0 Å². The molecule has 32 heavy (non-hydrogen) atoms. The quantitative estimate of drug-likeness (QED) is 0.504. The van der Waals surface area contributed by atoms with Crippen LogP contribution in [0, 0.1) is 13.8 Å². The molecule has 1 aromatic carbocycles. The first-order valence-corrected chi connectivity index (χ1v) is 11.7. The molecule has 0 amide bonds. The van der Waals surface area contributed by atoms with Crippen molar-refractivity contribution in [2.45, 2.75) is 77.7 Å². The van der Waals surface area contributed by atoms with E-state index < -0.39 is 0 Å². The molecular formula is C25H32N4O3. The van der Waals surface area contributed by atoms with E-state index in [9.17, 15) is 9.59 Å². The summed E-state index contributed by atoms with van der Waals surface area (Å²) in [7, 11) is 0. The van der Waals surface area contributed by atoms with Crippen LogP contribution in [0.5, 0.6) is 0 Å². The van der Waals surface area contributed by atoms with Gasteiger partial charge in [-0.2, -0.15) is 0 Å². The Morgan fingerprint density at radius 3 is 2.66 bits per heavy atom. The van der Waals surface area contributed by atoms with Gasteiger partial charge >= 0.3 is 5.97 Å². The van der Waals surface area contributed by atoms with Gasteiger partial charge in [0, 0.05) is 13.0 Å². The second-order valence-corrected chi connectivity index (χ2v) is 8.93. The summed E-state index contributed by atoms with van der Waals surface area (Å²) in [5.74, 6) is 0.504. The molecule has 0 unspecified atom stereocenters. The second-order valence-electron chi connectivity index (χ2n) is 8.93. The lowest BCUT2D eigenvalue weighted by Gasteiger charge is -2.28. The van der Waals surface area contributed by atoms with Crippen molar-refractivity contribution in [1.29, 1.82) is 0 Å². The third kappa shape index (κ3) is 4.92. The molecule has 1 aliphatic heterocycles. The molecule has 0 saturated heterocycles. The average Bonchev–Trinajstić information content (AvgIpc) is 3.24. The summed E-state index contributed by atoms with van der Waals surface area (Å²) in [6.45, 7) is 8.65. The lowest BCUT2D eigenvalue weighted by Crippen LogP contribution is -2.42. The van der Waals surface area contributed by atoms with Crippen molar-refractivity contribution in [3.63, 3.8) is 0 Å². The van der Waals surface area contributed by atoms with E-state index in [4.69, 9.17) is 4.74 Å². The van der Waals surface area contributed by atoms with Gasteiger partial charge in [0.1, 0.15) is 11.6 Å². The summed E-state index contributed by atoms with van der Waals surface area (Å²) < 4.78 is 5.53. The van der Waals surface area contributed by atoms with E-state index in [1.54, 1.807) is 0 Å². The molecule has 0 bridgehead atoms. The van der Waals surface area contributed by atoms with Crippen LogP contribution in [0.15, 0.2) is 21.9 Å². The highest BCUT2D eigenvalue weighted by molar-refractivity contribution is 5.77. The van der Waals surface area contributed by atoms with Gasteiger partial charge in [-0.25, -0.2) is 9.98 Å². The van der Waals surface area contributed by atoms with E-state index in [-0.39, 0.29) is 17.6 Å². The number of aromatic nitrogens is 2. The van der Waals surface area contributed by atoms with Gasteiger partial charge in [0.2, 0.25) is 0 Å². The minimum Gasteiger partial charge on any atom is -0.462 e. The van der Waals surface area contributed by atoms with Crippen LogP contribution in [0.2, 0.25) is 0 Å². The van der Waals surface area contributed by atoms with Gasteiger partial charge in [0.15, 0.2) is 11.2 Å². The smallest absolute Gasteiger partial charge is 0.306 e. The van der Waals surface area contributed by atoms with Crippen molar-refractivity contribution in [1.82, 2.24) is 9.97 Å². The van der Waals surface area contributed by atoms with Crippen molar-refractivity contribution >= 4 is 29.7 Å². The Morgan fingerprint density at radius 2 is 1.88 bits per heavy atom. The fraction of sp³-hybridized carbons (Fsp3) is 0.520. The number of nitrogens with one attached hydrogen (secondary N) is 1. The van der Waals surface area contributed by atoms with Gasteiger partial charge in [-0.05, 0) is 75.6 Å². The number of fused-ring (bicyclic) bond motifs is 2. The SMILES string of the molecule is C=c1nc2c(c(=O)[nH]1)=Nc1cc(C)c(C)cc1N2CCCCCCC(=O)OC1CCCC1. The highest BCUT2D eigenvalue weighted by atomic mass is 16.5. The first-order chi connectivity index (χ1) is 15.4. The number of anilines is 2. The van der Waals surface area contributed by atoms with Crippen molar-refractivity contribution < 1.29 is 9.53 Å². The highest BCUT2D eigenvalue weighted by Gasteiger charge is 2.23. The Labute approximate surface area is 188 Å². The Bertz CT molecular complexity index is 1160. The maximum atomic E-state index is 12.5. The molecule has 170 valence electrons. The van der Waals surface area contributed by atoms with Crippen LogP contribution in [0.1, 0.15) is 68.9 Å². The minimum atomic E-state index is -0.269.